The highest BCUT2D eigenvalue weighted by Gasteiger charge is 2.29. The van der Waals surface area contributed by atoms with Crippen LogP contribution in [-0.4, -0.2) is 0 Å². The molecule has 0 bridgehead atoms. The van der Waals surface area contributed by atoms with E-state index in [4.69, 9.17) is 0 Å². The first-order chi connectivity index (χ1) is 16.6. The van der Waals surface area contributed by atoms with Crippen LogP contribution in [0.25, 0.3) is 16.7 Å². The molecule has 1 heteroatoms. The van der Waals surface area contributed by atoms with Gasteiger partial charge in [-0.15, -0.1) is 0 Å². The molecule has 0 aromatic heterocycles. The van der Waals surface area contributed by atoms with Crippen LogP contribution in [0.2, 0.25) is 0 Å². The largest absolute Gasteiger partial charge is 0.0629 e. The lowest BCUT2D eigenvalue weighted by Gasteiger charge is -2.26. The molecule has 1 aliphatic rings. The summed E-state index contributed by atoms with van der Waals surface area (Å²) in [5.74, 6) is 0.435. The Labute approximate surface area is 205 Å². The van der Waals surface area contributed by atoms with Gasteiger partial charge >= 0.3 is 0 Å². The highest BCUT2D eigenvalue weighted by Crippen LogP contribution is 2.45. The van der Waals surface area contributed by atoms with Crippen LogP contribution in [-0.2, 0) is 0 Å². The van der Waals surface area contributed by atoms with Gasteiger partial charge in [-0.2, -0.15) is 0 Å². The number of hydrogen-bond donors (Lipinski definition) is 0. The summed E-state index contributed by atoms with van der Waals surface area (Å²) < 4.78 is 0. The van der Waals surface area contributed by atoms with E-state index >= 15 is 0 Å². The maximum atomic E-state index is 2.46. The highest BCUT2D eigenvalue weighted by atomic mass is 31.1. The van der Waals surface area contributed by atoms with Crippen molar-refractivity contribution in [3.05, 3.63) is 131 Å². The Bertz CT molecular complexity index is 1320. The summed E-state index contributed by atoms with van der Waals surface area (Å²) in [6.07, 6.45) is 0. The third-order valence-electron chi connectivity index (χ3n) is 7.31. The summed E-state index contributed by atoms with van der Waals surface area (Å²) in [5, 5.41) is 4.22. The second-order valence-corrected chi connectivity index (χ2v) is 11.4. The Kier molecular flexibility index (Phi) is 6.36. The van der Waals surface area contributed by atoms with Crippen molar-refractivity contribution in [2.45, 2.75) is 27.7 Å². The third kappa shape index (κ3) is 4.08. The zero-order chi connectivity index (χ0) is 23.7. The molecular formula is C33H31P. The van der Waals surface area contributed by atoms with E-state index in [9.17, 15) is 0 Å². The summed E-state index contributed by atoms with van der Waals surface area (Å²) >= 11 is 0. The smallest absolute Gasteiger partial charge is 0.00317 e. The number of benzene rings is 4. The second kappa shape index (κ2) is 9.57. The zero-order valence-electron chi connectivity index (χ0n) is 20.4. The molecule has 0 nitrogen and oxygen atoms in total. The molecule has 0 radical (unpaired) electrons. The van der Waals surface area contributed by atoms with Crippen molar-refractivity contribution in [3.63, 3.8) is 0 Å². The van der Waals surface area contributed by atoms with Crippen LogP contribution in [0.1, 0.15) is 33.3 Å². The van der Waals surface area contributed by atoms with E-state index in [1.807, 2.05) is 0 Å². The van der Waals surface area contributed by atoms with Crippen molar-refractivity contribution in [2.24, 2.45) is 5.92 Å². The molecule has 4 aromatic carbocycles. The SMILES string of the molecule is CC1=C(C)C(C)C(c2ccc(-c3ccccc3)cc2P(c2ccccc2)c2ccccc2)=C1C. The van der Waals surface area contributed by atoms with Crippen LogP contribution in [0.4, 0.5) is 0 Å². The molecule has 1 aliphatic carbocycles. The molecule has 34 heavy (non-hydrogen) atoms. The van der Waals surface area contributed by atoms with E-state index < -0.39 is 7.92 Å². The van der Waals surface area contributed by atoms with Gasteiger partial charge in [-0.05, 0) is 84.1 Å². The molecule has 1 atom stereocenters. The van der Waals surface area contributed by atoms with Crippen molar-refractivity contribution in [3.8, 4) is 11.1 Å². The molecule has 0 N–H and O–H groups in total. The van der Waals surface area contributed by atoms with Gasteiger partial charge in [-0.1, -0.05) is 116 Å². The van der Waals surface area contributed by atoms with Crippen LogP contribution in [0.3, 0.4) is 0 Å². The molecule has 0 spiro atoms. The molecule has 0 amide bonds. The van der Waals surface area contributed by atoms with Gasteiger partial charge in [0.05, 0.1) is 0 Å². The summed E-state index contributed by atoms with van der Waals surface area (Å²) in [7, 11) is -0.709. The lowest BCUT2D eigenvalue weighted by Crippen LogP contribution is -2.24. The number of hydrogen-bond acceptors (Lipinski definition) is 0. The van der Waals surface area contributed by atoms with Crippen LogP contribution in [0.15, 0.2) is 126 Å². The van der Waals surface area contributed by atoms with E-state index in [2.05, 4.69) is 137 Å². The Morgan fingerprint density at radius 2 is 1.09 bits per heavy atom. The first-order valence-electron chi connectivity index (χ1n) is 12.0. The first kappa shape index (κ1) is 22.6. The Hall–Kier alpha value is -3.21. The molecule has 0 aliphatic heterocycles. The topological polar surface area (TPSA) is 0 Å². The van der Waals surface area contributed by atoms with Gasteiger partial charge in [0.1, 0.15) is 0 Å². The fourth-order valence-electron chi connectivity index (χ4n) is 5.13. The van der Waals surface area contributed by atoms with E-state index in [1.165, 1.54) is 54.9 Å². The van der Waals surface area contributed by atoms with Crippen molar-refractivity contribution in [1.82, 2.24) is 0 Å². The summed E-state index contributed by atoms with van der Waals surface area (Å²) in [6, 6.07) is 40.1. The molecule has 4 aromatic rings. The Morgan fingerprint density at radius 1 is 0.559 bits per heavy atom. The minimum atomic E-state index is -0.709. The molecule has 168 valence electrons. The van der Waals surface area contributed by atoms with E-state index in [0.717, 1.165) is 0 Å². The lowest BCUT2D eigenvalue weighted by atomic mass is 9.90. The molecule has 1 unspecified atom stereocenters. The first-order valence-corrected chi connectivity index (χ1v) is 13.4. The minimum absolute atomic E-state index is 0.435. The predicted molar refractivity (Wildman–Crippen MR) is 151 cm³/mol. The molecule has 0 fully saturated rings. The maximum absolute atomic E-state index is 2.46. The van der Waals surface area contributed by atoms with Gasteiger partial charge in [0.25, 0.3) is 0 Å². The minimum Gasteiger partial charge on any atom is -0.0629 e. The van der Waals surface area contributed by atoms with E-state index in [-0.39, 0.29) is 0 Å². The molecule has 0 saturated heterocycles. The monoisotopic (exact) mass is 458 g/mol. The predicted octanol–water partition coefficient (Wildman–Crippen LogP) is 7.87. The molecular weight excluding hydrogens is 427 g/mol. The van der Waals surface area contributed by atoms with Crippen molar-refractivity contribution >= 4 is 29.4 Å². The highest BCUT2D eigenvalue weighted by molar-refractivity contribution is 7.80. The van der Waals surface area contributed by atoms with Gasteiger partial charge < -0.3 is 0 Å². The van der Waals surface area contributed by atoms with E-state index in [0.29, 0.717) is 5.92 Å². The average molecular weight is 459 g/mol. The zero-order valence-corrected chi connectivity index (χ0v) is 21.3. The van der Waals surface area contributed by atoms with Crippen LogP contribution in [0.5, 0.6) is 0 Å². The maximum Gasteiger partial charge on any atom is 0.00317 e. The molecule has 0 heterocycles. The molecule has 5 rings (SSSR count). The van der Waals surface area contributed by atoms with Gasteiger partial charge in [0, 0.05) is 5.92 Å². The fraction of sp³-hybridized carbons (Fsp3) is 0.152. The Balaban J connectivity index is 1.79. The quantitative estimate of drug-likeness (QED) is 0.267. The van der Waals surface area contributed by atoms with Crippen LogP contribution >= 0.6 is 7.92 Å². The van der Waals surface area contributed by atoms with Crippen molar-refractivity contribution < 1.29 is 0 Å². The summed E-state index contributed by atoms with van der Waals surface area (Å²) in [5.41, 5.74) is 9.82. The lowest BCUT2D eigenvalue weighted by molar-refractivity contribution is 0.896. The normalized spacial score (nSPS) is 16.0. The average Bonchev–Trinajstić information content (AvgIpc) is 3.08. The third-order valence-corrected chi connectivity index (χ3v) is 9.79. The van der Waals surface area contributed by atoms with E-state index in [1.54, 1.807) is 0 Å². The summed E-state index contributed by atoms with van der Waals surface area (Å²) in [4.78, 5) is 0. The fourth-order valence-corrected chi connectivity index (χ4v) is 7.63. The second-order valence-electron chi connectivity index (χ2n) is 9.17. The standard InChI is InChI=1S/C33H31P/c1-23-24(2)26(4)33(25(23)3)31-21-20-28(27-14-8-5-9-15-27)22-32(31)34(29-16-10-6-11-17-29)30-18-12-7-13-19-30/h5-22,25H,1-4H3. The van der Waals surface area contributed by atoms with Gasteiger partial charge in [-0.3, -0.25) is 0 Å². The van der Waals surface area contributed by atoms with Gasteiger partial charge in [0.2, 0.25) is 0 Å². The van der Waals surface area contributed by atoms with Gasteiger partial charge in [0.15, 0.2) is 0 Å². The van der Waals surface area contributed by atoms with Gasteiger partial charge in [-0.25, -0.2) is 0 Å². The number of allylic oxidation sites excluding steroid dienone is 4. The van der Waals surface area contributed by atoms with Crippen LogP contribution < -0.4 is 15.9 Å². The van der Waals surface area contributed by atoms with Crippen LogP contribution in [0, 0.1) is 5.92 Å². The Morgan fingerprint density at radius 3 is 1.59 bits per heavy atom. The van der Waals surface area contributed by atoms with Crippen molar-refractivity contribution in [1.29, 1.82) is 0 Å². The summed E-state index contributed by atoms with van der Waals surface area (Å²) in [6.45, 7) is 9.25. The number of rotatable bonds is 5. The molecule has 0 saturated carbocycles. The van der Waals surface area contributed by atoms with Crippen molar-refractivity contribution in [2.75, 3.05) is 0 Å².